The van der Waals surface area contributed by atoms with Crippen molar-refractivity contribution in [2.75, 3.05) is 20.6 Å². The van der Waals surface area contributed by atoms with Gasteiger partial charge in [-0.05, 0) is 19.9 Å². The van der Waals surface area contributed by atoms with E-state index in [9.17, 15) is 4.79 Å². The summed E-state index contributed by atoms with van der Waals surface area (Å²) in [6, 6.07) is 0.352. The molecule has 0 aromatic rings. The molecule has 3 nitrogen and oxygen atoms in total. The molecular weight excluding hydrogens is 176 g/mol. The van der Waals surface area contributed by atoms with Crippen LogP contribution in [-0.2, 0) is 4.79 Å². The van der Waals surface area contributed by atoms with Gasteiger partial charge in [-0.3, -0.25) is 4.79 Å². The SMILES string of the molecule is C[C@@H]1NCC[C@@H]1C(=O)N(C)C.Cl. The first-order valence-electron chi connectivity index (χ1n) is 4.07. The minimum absolute atomic E-state index is 0. The molecule has 0 aliphatic carbocycles. The van der Waals surface area contributed by atoms with Crippen LogP contribution >= 0.6 is 12.4 Å². The third-order valence-corrected chi connectivity index (χ3v) is 2.28. The third kappa shape index (κ3) is 2.35. The van der Waals surface area contributed by atoms with Gasteiger partial charge in [-0.2, -0.15) is 0 Å². The number of hydrogen-bond donors (Lipinski definition) is 1. The lowest BCUT2D eigenvalue weighted by atomic mass is 10.0. The Hall–Kier alpha value is -0.280. The second kappa shape index (κ2) is 4.67. The van der Waals surface area contributed by atoms with Crippen LogP contribution in [-0.4, -0.2) is 37.5 Å². The van der Waals surface area contributed by atoms with Crippen molar-refractivity contribution in [1.29, 1.82) is 0 Å². The Morgan fingerprint density at radius 1 is 1.50 bits per heavy atom. The second-order valence-electron chi connectivity index (χ2n) is 3.37. The molecule has 0 aromatic heterocycles. The maximum Gasteiger partial charge on any atom is 0.226 e. The van der Waals surface area contributed by atoms with Crippen LogP contribution in [0.15, 0.2) is 0 Å². The molecule has 1 heterocycles. The van der Waals surface area contributed by atoms with Crippen molar-refractivity contribution < 1.29 is 4.79 Å². The quantitative estimate of drug-likeness (QED) is 0.656. The Labute approximate surface area is 79.9 Å². The zero-order valence-electron chi connectivity index (χ0n) is 7.83. The number of amides is 1. The van der Waals surface area contributed by atoms with Crippen LogP contribution in [0.3, 0.4) is 0 Å². The van der Waals surface area contributed by atoms with Gasteiger partial charge in [0.05, 0.1) is 5.92 Å². The number of carbonyl (C=O) groups is 1. The number of carbonyl (C=O) groups excluding carboxylic acids is 1. The zero-order valence-corrected chi connectivity index (χ0v) is 8.65. The van der Waals surface area contributed by atoms with E-state index in [1.807, 2.05) is 14.1 Å². The third-order valence-electron chi connectivity index (χ3n) is 2.28. The van der Waals surface area contributed by atoms with E-state index in [1.165, 1.54) is 0 Å². The molecule has 1 rings (SSSR count). The number of nitrogens with zero attached hydrogens (tertiary/aromatic N) is 1. The normalized spacial score (nSPS) is 27.9. The molecule has 1 aliphatic rings. The van der Waals surface area contributed by atoms with E-state index in [4.69, 9.17) is 0 Å². The summed E-state index contributed by atoms with van der Waals surface area (Å²) in [4.78, 5) is 13.1. The fourth-order valence-electron chi connectivity index (χ4n) is 1.53. The smallest absolute Gasteiger partial charge is 0.226 e. The van der Waals surface area contributed by atoms with E-state index in [-0.39, 0.29) is 24.2 Å². The molecule has 1 saturated heterocycles. The number of halogens is 1. The van der Waals surface area contributed by atoms with Gasteiger partial charge in [-0.1, -0.05) is 0 Å². The van der Waals surface area contributed by atoms with Gasteiger partial charge in [-0.15, -0.1) is 12.4 Å². The maximum absolute atomic E-state index is 11.4. The Bertz CT molecular complexity index is 161. The Kier molecular flexibility index (Phi) is 4.57. The molecule has 0 bridgehead atoms. The van der Waals surface area contributed by atoms with Crippen LogP contribution in [0.4, 0.5) is 0 Å². The van der Waals surface area contributed by atoms with Crippen LogP contribution in [0.2, 0.25) is 0 Å². The summed E-state index contributed by atoms with van der Waals surface area (Å²) in [6.45, 7) is 3.05. The minimum atomic E-state index is 0. The van der Waals surface area contributed by atoms with Crippen molar-refractivity contribution in [3.63, 3.8) is 0 Å². The Morgan fingerprint density at radius 2 is 2.08 bits per heavy atom. The molecule has 0 saturated carbocycles. The molecular formula is C8H17ClN2O. The molecule has 2 atom stereocenters. The molecule has 0 radical (unpaired) electrons. The summed E-state index contributed by atoms with van der Waals surface area (Å²) >= 11 is 0. The van der Waals surface area contributed by atoms with Gasteiger partial charge in [-0.25, -0.2) is 0 Å². The Morgan fingerprint density at radius 3 is 2.42 bits per heavy atom. The van der Waals surface area contributed by atoms with E-state index in [0.717, 1.165) is 13.0 Å². The highest BCUT2D eigenvalue weighted by molar-refractivity contribution is 5.85. The van der Waals surface area contributed by atoms with Crippen LogP contribution < -0.4 is 5.32 Å². The first-order valence-corrected chi connectivity index (χ1v) is 4.07. The van der Waals surface area contributed by atoms with Crippen molar-refractivity contribution in [1.82, 2.24) is 10.2 Å². The van der Waals surface area contributed by atoms with Gasteiger partial charge < -0.3 is 10.2 Å². The van der Waals surface area contributed by atoms with E-state index in [2.05, 4.69) is 12.2 Å². The largest absolute Gasteiger partial charge is 0.349 e. The van der Waals surface area contributed by atoms with E-state index in [0.29, 0.717) is 6.04 Å². The highest BCUT2D eigenvalue weighted by atomic mass is 35.5. The summed E-state index contributed by atoms with van der Waals surface area (Å²) in [6.07, 6.45) is 0.984. The van der Waals surface area contributed by atoms with E-state index in [1.54, 1.807) is 4.90 Å². The number of nitrogens with one attached hydrogen (secondary N) is 1. The van der Waals surface area contributed by atoms with Gasteiger partial charge in [0, 0.05) is 20.1 Å². The molecule has 12 heavy (non-hydrogen) atoms. The highest BCUT2D eigenvalue weighted by Crippen LogP contribution is 2.16. The van der Waals surface area contributed by atoms with Gasteiger partial charge in [0.1, 0.15) is 0 Å². The average molecular weight is 193 g/mol. The molecule has 72 valence electrons. The van der Waals surface area contributed by atoms with Crippen LogP contribution in [0.5, 0.6) is 0 Å². The van der Waals surface area contributed by atoms with Crippen molar-refractivity contribution in [2.45, 2.75) is 19.4 Å². The monoisotopic (exact) mass is 192 g/mol. The van der Waals surface area contributed by atoms with Crippen molar-refractivity contribution in [2.24, 2.45) is 5.92 Å². The molecule has 1 N–H and O–H groups in total. The van der Waals surface area contributed by atoms with Crippen molar-refractivity contribution in [3.05, 3.63) is 0 Å². The summed E-state index contributed by atoms with van der Waals surface area (Å²) in [5.41, 5.74) is 0. The lowest BCUT2D eigenvalue weighted by Gasteiger charge is -2.18. The maximum atomic E-state index is 11.4. The molecule has 0 spiro atoms. The van der Waals surface area contributed by atoms with Gasteiger partial charge in [0.15, 0.2) is 0 Å². The molecule has 1 amide bonds. The van der Waals surface area contributed by atoms with Gasteiger partial charge in [0.25, 0.3) is 0 Å². The molecule has 0 unspecified atom stereocenters. The van der Waals surface area contributed by atoms with Crippen molar-refractivity contribution in [3.8, 4) is 0 Å². The fraction of sp³-hybridized carbons (Fsp3) is 0.875. The van der Waals surface area contributed by atoms with Crippen LogP contribution in [0.25, 0.3) is 0 Å². The first kappa shape index (κ1) is 11.7. The van der Waals surface area contributed by atoms with Crippen LogP contribution in [0, 0.1) is 5.92 Å². The highest BCUT2D eigenvalue weighted by Gasteiger charge is 2.29. The minimum Gasteiger partial charge on any atom is -0.349 e. The Balaban J connectivity index is 0.00000121. The lowest BCUT2D eigenvalue weighted by Crippen LogP contribution is -2.35. The summed E-state index contributed by atoms with van der Waals surface area (Å²) in [5.74, 6) is 0.451. The lowest BCUT2D eigenvalue weighted by molar-refractivity contribution is -0.133. The summed E-state index contributed by atoms with van der Waals surface area (Å²) < 4.78 is 0. The number of hydrogen-bond acceptors (Lipinski definition) is 2. The predicted octanol–water partition coefficient (Wildman–Crippen LogP) is 0.494. The standard InChI is InChI=1S/C8H16N2O.ClH/c1-6-7(4-5-9-6)8(11)10(2)3;/h6-7,9H,4-5H2,1-3H3;1H/t6-,7-;/m0./s1. The molecule has 1 fully saturated rings. The van der Waals surface area contributed by atoms with Crippen molar-refractivity contribution >= 4 is 18.3 Å². The fourth-order valence-corrected chi connectivity index (χ4v) is 1.53. The number of rotatable bonds is 1. The van der Waals surface area contributed by atoms with E-state index >= 15 is 0 Å². The second-order valence-corrected chi connectivity index (χ2v) is 3.37. The first-order chi connectivity index (χ1) is 5.13. The average Bonchev–Trinajstić information content (AvgIpc) is 2.33. The van der Waals surface area contributed by atoms with Gasteiger partial charge >= 0.3 is 0 Å². The van der Waals surface area contributed by atoms with Crippen LogP contribution in [0.1, 0.15) is 13.3 Å². The molecule has 1 aliphatic heterocycles. The molecule has 4 heteroatoms. The summed E-state index contributed by atoms with van der Waals surface area (Å²) in [7, 11) is 3.63. The zero-order chi connectivity index (χ0) is 8.43. The topological polar surface area (TPSA) is 32.3 Å². The predicted molar refractivity (Wildman–Crippen MR) is 51.5 cm³/mol. The van der Waals surface area contributed by atoms with E-state index < -0.39 is 0 Å². The van der Waals surface area contributed by atoms with Gasteiger partial charge in [0.2, 0.25) is 5.91 Å². The summed E-state index contributed by atoms with van der Waals surface area (Å²) in [5, 5.41) is 3.26. The molecule has 0 aromatic carbocycles.